The first-order chi connectivity index (χ1) is 12.3. The van der Waals surface area contributed by atoms with E-state index in [4.69, 9.17) is 4.52 Å². The van der Waals surface area contributed by atoms with Gasteiger partial charge in [-0.1, -0.05) is 19.0 Å². The summed E-state index contributed by atoms with van der Waals surface area (Å²) in [7, 11) is -3.80. The Morgan fingerprint density at radius 3 is 2.96 bits per heavy atom. The standard InChI is InChI=1S/C16H19N5O4S/c1-10(2)13-19-15(25-20-13)16(22)5-7-21(9-16)26(23,24)12-8-18-14-11(12)4-3-6-17-14/h3-4,6,8,10,22H,5,7,9H2,1-2H3,(H,17,18)/t16-/m0/s1. The van der Waals surface area contributed by atoms with Crippen LogP contribution in [-0.4, -0.2) is 51.0 Å². The molecule has 0 unspecified atom stereocenters. The van der Waals surface area contributed by atoms with Crippen molar-refractivity contribution in [1.29, 1.82) is 0 Å². The van der Waals surface area contributed by atoms with Crippen LogP contribution < -0.4 is 0 Å². The van der Waals surface area contributed by atoms with Gasteiger partial charge in [-0.3, -0.25) is 0 Å². The lowest BCUT2D eigenvalue weighted by molar-refractivity contribution is 0.0194. The van der Waals surface area contributed by atoms with E-state index in [1.165, 1.54) is 10.5 Å². The Kier molecular flexibility index (Phi) is 3.86. The van der Waals surface area contributed by atoms with Gasteiger partial charge in [-0.15, -0.1) is 0 Å². The molecule has 1 fully saturated rings. The van der Waals surface area contributed by atoms with Crippen LogP contribution in [0, 0.1) is 0 Å². The number of β-amino-alcohol motifs (C(OH)–C–C–N with tert-alkyl or cyclic N) is 1. The van der Waals surface area contributed by atoms with Gasteiger partial charge in [-0.05, 0) is 12.1 Å². The average molecular weight is 377 g/mol. The smallest absolute Gasteiger partial charge is 0.260 e. The van der Waals surface area contributed by atoms with Gasteiger partial charge in [0.2, 0.25) is 10.0 Å². The lowest BCUT2D eigenvalue weighted by Gasteiger charge is -2.19. The number of aliphatic hydroxyl groups is 1. The second-order valence-corrected chi connectivity index (χ2v) is 8.69. The number of aromatic amines is 1. The fraction of sp³-hybridized carbons (Fsp3) is 0.438. The molecule has 0 saturated carbocycles. The lowest BCUT2D eigenvalue weighted by Crippen LogP contribution is -2.34. The zero-order chi connectivity index (χ0) is 18.5. The summed E-state index contributed by atoms with van der Waals surface area (Å²) < 4.78 is 32.5. The molecule has 1 aliphatic rings. The number of nitrogens with one attached hydrogen (secondary N) is 1. The van der Waals surface area contributed by atoms with Gasteiger partial charge in [0.05, 0.1) is 6.54 Å². The molecule has 1 saturated heterocycles. The molecule has 3 aromatic rings. The Balaban J connectivity index is 1.65. The Bertz CT molecular complexity index is 1060. The molecule has 26 heavy (non-hydrogen) atoms. The third-order valence-electron chi connectivity index (χ3n) is 4.60. The molecule has 4 rings (SSSR count). The molecular weight excluding hydrogens is 358 g/mol. The Labute approximate surface area is 150 Å². The summed E-state index contributed by atoms with van der Waals surface area (Å²) in [6.07, 6.45) is 3.20. The van der Waals surface area contributed by atoms with Crippen LogP contribution in [0.5, 0.6) is 0 Å². The van der Waals surface area contributed by atoms with E-state index in [1.54, 1.807) is 18.3 Å². The molecule has 10 heteroatoms. The maximum atomic E-state index is 13.0. The molecule has 0 aliphatic carbocycles. The van der Waals surface area contributed by atoms with E-state index in [0.717, 1.165) is 0 Å². The van der Waals surface area contributed by atoms with Gasteiger partial charge in [0.15, 0.2) is 11.4 Å². The first-order valence-corrected chi connectivity index (χ1v) is 9.74. The molecule has 1 aliphatic heterocycles. The van der Waals surface area contributed by atoms with E-state index in [9.17, 15) is 13.5 Å². The van der Waals surface area contributed by atoms with E-state index < -0.39 is 15.6 Å². The molecule has 0 aromatic carbocycles. The molecule has 9 nitrogen and oxygen atoms in total. The molecule has 138 valence electrons. The maximum absolute atomic E-state index is 13.0. The Morgan fingerprint density at radius 2 is 2.23 bits per heavy atom. The summed E-state index contributed by atoms with van der Waals surface area (Å²) in [6, 6.07) is 3.38. The summed E-state index contributed by atoms with van der Waals surface area (Å²) in [5.41, 5.74) is -0.989. The van der Waals surface area contributed by atoms with Crippen molar-refractivity contribution in [2.45, 2.75) is 36.7 Å². The molecule has 0 amide bonds. The van der Waals surface area contributed by atoms with Gasteiger partial charge < -0.3 is 14.6 Å². The van der Waals surface area contributed by atoms with Gasteiger partial charge in [0.1, 0.15) is 10.5 Å². The number of rotatable bonds is 4. The van der Waals surface area contributed by atoms with Crippen molar-refractivity contribution in [3.63, 3.8) is 0 Å². The van der Waals surface area contributed by atoms with E-state index >= 15 is 0 Å². The lowest BCUT2D eigenvalue weighted by atomic mass is 10.0. The monoisotopic (exact) mass is 377 g/mol. The summed E-state index contributed by atoms with van der Waals surface area (Å²) in [5, 5.41) is 15.3. The van der Waals surface area contributed by atoms with Crippen molar-refractivity contribution >= 4 is 21.1 Å². The van der Waals surface area contributed by atoms with E-state index in [2.05, 4.69) is 20.1 Å². The highest BCUT2D eigenvalue weighted by molar-refractivity contribution is 7.89. The number of pyridine rings is 1. The average Bonchev–Trinajstić information content (AvgIpc) is 3.33. The maximum Gasteiger partial charge on any atom is 0.260 e. The van der Waals surface area contributed by atoms with Gasteiger partial charge >= 0.3 is 0 Å². The SMILES string of the molecule is CC(C)c1noc([C@]2(O)CCN(S(=O)(=O)c3c[nH]c4ncccc34)C2)n1. The molecule has 1 atom stereocenters. The second kappa shape index (κ2) is 5.86. The fourth-order valence-electron chi connectivity index (χ4n) is 3.08. The number of H-pyrrole nitrogens is 1. The first kappa shape index (κ1) is 17.1. The molecular formula is C16H19N5O4S. The van der Waals surface area contributed by atoms with Crippen LogP contribution in [0.4, 0.5) is 0 Å². The Hall–Kier alpha value is -2.30. The first-order valence-electron chi connectivity index (χ1n) is 8.30. The van der Waals surface area contributed by atoms with Crippen LogP contribution in [0.1, 0.15) is 37.9 Å². The van der Waals surface area contributed by atoms with Crippen LogP contribution >= 0.6 is 0 Å². The molecule has 0 spiro atoms. The van der Waals surface area contributed by atoms with Gasteiger partial charge in [-0.25, -0.2) is 13.4 Å². The van der Waals surface area contributed by atoms with Crippen molar-refractivity contribution < 1.29 is 18.0 Å². The summed E-state index contributed by atoms with van der Waals surface area (Å²) >= 11 is 0. The van der Waals surface area contributed by atoms with Crippen molar-refractivity contribution in [3.8, 4) is 0 Å². The van der Waals surface area contributed by atoms with E-state index in [-0.39, 0.29) is 36.2 Å². The minimum Gasteiger partial charge on any atom is -0.379 e. The highest BCUT2D eigenvalue weighted by Crippen LogP contribution is 2.35. The predicted molar refractivity (Wildman–Crippen MR) is 91.8 cm³/mol. The number of nitrogens with zero attached hydrogens (tertiary/aromatic N) is 4. The van der Waals surface area contributed by atoms with Crippen molar-refractivity contribution in [3.05, 3.63) is 36.2 Å². The molecule has 0 radical (unpaired) electrons. The second-order valence-electron chi connectivity index (χ2n) is 6.79. The molecule has 4 heterocycles. The summed E-state index contributed by atoms with van der Waals surface area (Å²) in [5.74, 6) is 0.591. The quantitative estimate of drug-likeness (QED) is 0.703. The largest absolute Gasteiger partial charge is 0.379 e. The number of sulfonamides is 1. The highest BCUT2D eigenvalue weighted by Gasteiger charge is 2.47. The van der Waals surface area contributed by atoms with Crippen LogP contribution in [0.25, 0.3) is 11.0 Å². The normalized spacial score (nSPS) is 21.8. The van der Waals surface area contributed by atoms with Gasteiger partial charge in [0, 0.05) is 36.7 Å². The number of fused-ring (bicyclic) bond motifs is 1. The zero-order valence-electron chi connectivity index (χ0n) is 14.4. The van der Waals surface area contributed by atoms with Crippen LogP contribution in [0.15, 0.2) is 33.9 Å². The van der Waals surface area contributed by atoms with Crippen molar-refractivity contribution in [2.24, 2.45) is 0 Å². The van der Waals surface area contributed by atoms with Crippen molar-refractivity contribution in [2.75, 3.05) is 13.1 Å². The third-order valence-corrected chi connectivity index (χ3v) is 6.49. The zero-order valence-corrected chi connectivity index (χ0v) is 15.2. The Morgan fingerprint density at radius 1 is 1.42 bits per heavy atom. The molecule has 2 N–H and O–H groups in total. The number of hydrogen-bond acceptors (Lipinski definition) is 7. The van der Waals surface area contributed by atoms with Crippen molar-refractivity contribution in [1.82, 2.24) is 24.4 Å². The summed E-state index contributed by atoms with van der Waals surface area (Å²) in [4.78, 5) is 11.3. The highest BCUT2D eigenvalue weighted by atomic mass is 32.2. The minimum atomic E-state index is -3.80. The van der Waals surface area contributed by atoms with E-state index in [1.807, 2.05) is 13.8 Å². The molecule has 0 bridgehead atoms. The van der Waals surface area contributed by atoms with Gasteiger partial charge in [-0.2, -0.15) is 9.29 Å². The molecule has 3 aromatic heterocycles. The topological polar surface area (TPSA) is 125 Å². The fourth-order valence-corrected chi connectivity index (χ4v) is 4.72. The predicted octanol–water partition coefficient (Wildman–Crippen LogP) is 1.35. The minimum absolute atomic E-state index is 0.0519. The van der Waals surface area contributed by atoms with Crippen LogP contribution in [-0.2, 0) is 15.6 Å². The van der Waals surface area contributed by atoms with Crippen LogP contribution in [0.3, 0.4) is 0 Å². The number of hydrogen-bond donors (Lipinski definition) is 2. The van der Waals surface area contributed by atoms with Gasteiger partial charge in [0.25, 0.3) is 5.89 Å². The summed E-state index contributed by atoms with van der Waals surface area (Å²) in [6.45, 7) is 3.84. The van der Waals surface area contributed by atoms with Crippen LogP contribution in [0.2, 0.25) is 0 Å². The van der Waals surface area contributed by atoms with E-state index in [0.29, 0.717) is 16.9 Å². The third kappa shape index (κ3) is 2.61. The number of aromatic nitrogens is 4.